The highest BCUT2D eigenvalue weighted by molar-refractivity contribution is 5.67. The second-order valence-corrected chi connectivity index (χ2v) is 3.38. The molecule has 16 heavy (non-hydrogen) atoms. The molecule has 0 saturated heterocycles. The lowest BCUT2D eigenvalue weighted by atomic mass is 10.2. The van der Waals surface area contributed by atoms with Crippen LogP contribution in [-0.4, -0.2) is 7.11 Å². The predicted octanol–water partition coefficient (Wildman–Crippen LogP) is 2.71. The maximum Gasteiger partial charge on any atom is 0.143 e. The number of hydrogen-bond donors (Lipinski definition) is 1. The minimum absolute atomic E-state index is 0.758. The number of nitrogens with zero attached hydrogens (tertiary/aromatic N) is 1. The van der Waals surface area contributed by atoms with Gasteiger partial charge in [-0.05, 0) is 24.3 Å². The molecule has 0 atom stereocenters. The summed E-state index contributed by atoms with van der Waals surface area (Å²) in [5, 5.41) is 1.61. The molecular weight excluding hydrogens is 200 g/mol. The topological polar surface area (TPSA) is 38.5 Å². The summed E-state index contributed by atoms with van der Waals surface area (Å²) in [6, 6.07) is 17.4. The molecule has 0 fully saturated rings. The van der Waals surface area contributed by atoms with Gasteiger partial charge in [0, 0.05) is 0 Å². The highest BCUT2D eigenvalue weighted by Crippen LogP contribution is 2.30. The van der Waals surface area contributed by atoms with Gasteiger partial charge in [-0.25, -0.2) is 5.84 Å². The first kappa shape index (κ1) is 10.5. The lowest BCUT2D eigenvalue weighted by Crippen LogP contribution is -2.25. The summed E-state index contributed by atoms with van der Waals surface area (Å²) in [6.07, 6.45) is 0. The Morgan fingerprint density at radius 1 is 0.938 bits per heavy atom. The summed E-state index contributed by atoms with van der Waals surface area (Å²) in [4.78, 5) is 0. The number of para-hydroxylation sites is 3. The summed E-state index contributed by atoms with van der Waals surface area (Å²) in [5.41, 5.74) is 1.77. The van der Waals surface area contributed by atoms with Crippen LogP contribution in [0.1, 0.15) is 0 Å². The van der Waals surface area contributed by atoms with E-state index in [0.717, 1.165) is 17.1 Å². The molecule has 0 aliphatic heterocycles. The standard InChI is InChI=1S/C13H14N2O/c1-16-13-10-6-5-9-12(13)15(14)11-7-3-2-4-8-11/h2-10H,14H2,1H3. The van der Waals surface area contributed by atoms with Crippen molar-refractivity contribution in [3.05, 3.63) is 54.6 Å². The number of nitrogens with two attached hydrogens (primary N) is 1. The zero-order chi connectivity index (χ0) is 11.4. The second kappa shape index (κ2) is 4.68. The maximum absolute atomic E-state index is 6.05. The third-order valence-corrected chi connectivity index (χ3v) is 2.38. The zero-order valence-electron chi connectivity index (χ0n) is 9.13. The van der Waals surface area contributed by atoms with Crippen LogP contribution in [0.15, 0.2) is 54.6 Å². The van der Waals surface area contributed by atoms with Crippen LogP contribution in [0.2, 0.25) is 0 Å². The van der Waals surface area contributed by atoms with Crippen LogP contribution < -0.4 is 15.6 Å². The fourth-order valence-corrected chi connectivity index (χ4v) is 1.56. The van der Waals surface area contributed by atoms with E-state index in [-0.39, 0.29) is 0 Å². The molecule has 0 unspecified atom stereocenters. The van der Waals surface area contributed by atoms with Crippen molar-refractivity contribution in [2.24, 2.45) is 5.84 Å². The van der Waals surface area contributed by atoms with Crippen molar-refractivity contribution in [1.82, 2.24) is 0 Å². The number of hydrogen-bond acceptors (Lipinski definition) is 3. The first-order chi connectivity index (χ1) is 7.83. The molecule has 0 aliphatic carbocycles. The average molecular weight is 214 g/mol. The van der Waals surface area contributed by atoms with Crippen LogP contribution >= 0.6 is 0 Å². The largest absolute Gasteiger partial charge is 0.495 e. The molecule has 3 heteroatoms. The number of ether oxygens (including phenoxy) is 1. The fourth-order valence-electron chi connectivity index (χ4n) is 1.56. The Labute approximate surface area is 95.0 Å². The van der Waals surface area contributed by atoms with Gasteiger partial charge < -0.3 is 4.74 Å². The van der Waals surface area contributed by atoms with Gasteiger partial charge in [-0.3, -0.25) is 5.01 Å². The third-order valence-electron chi connectivity index (χ3n) is 2.38. The van der Waals surface area contributed by atoms with E-state index in [4.69, 9.17) is 10.6 Å². The smallest absolute Gasteiger partial charge is 0.143 e. The van der Waals surface area contributed by atoms with Crippen LogP contribution in [0.3, 0.4) is 0 Å². The molecule has 0 spiro atoms. The summed E-state index contributed by atoms with van der Waals surface area (Å²) in [6.45, 7) is 0. The Morgan fingerprint density at radius 2 is 1.56 bits per heavy atom. The quantitative estimate of drug-likeness (QED) is 0.630. The van der Waals surface area contributed by atoms with E-state index < -0.39 is 0 Å². The van der Waals surface area contributed by atoms with Gasteiger partial charge in [0.25, 0.3) is 0 Å². The van der Waals surface area contributed by atoms with Gasteiger partial charge in [-0.15, -0.1) is 0 Å². The van der Waals surface area contributed by atoms with E-state index in [1.54, 1.807) is 12.1 Å². The van der Waals surface area contributed by atoms with Crippen molar-refractivity contribution >= 4 is 11.4 Å². The monoisotopic (exact) mass is 214 g/mol. The van der Waals surface area contributed by atoms with Gasteiger partial charge in [0.2, 0.25) is 0 Å². The van der Waals surface area contributed by atoms with Gasteiger partial charge in [0.1, 0.15) is 5.75 Å². The molecule has 2 N–H and O–H groups in total. The molecule has 0 aromatic heterocycles. The second-order valence-electron chi connectivity index (χ2n) is 3.38. The van der Waals surface area contributed by atoms with Crippen LogP contribution in [0.5, 0.6) is 5.75 Å². The lowest BCUT2D eigenvalue weighted by molar-refractivity contribution is 0.415. The van der Waals surface area contributed by atoms with E-state index in [1.165, 1.54) is 0 Å². The molecule has 0 amide bonds. The average Bonchev–Trinajstić information content (AvgIpc) is 2.39. The minimum atomic E-state index is 0.758. The summed E-state index contributed by atoms with van der Waals surface area (Å²) >= 11 is 0. The Hall–Kier alpha value is -2.00. The van der Waals surface area contributed by atoms with Crippen molar-refractivity contribution < 1.29 is 4.74 Å². The number of hydrazine groups is 1. The van der Waals surface area contributed by atoms with Crippen molar-refractivity contribution in [2.45, 2.75) is 0 Å². The molecule has 0 saturated carbocycles. The van der Waals surface area contributed by atoms with Crippen LogP contribution in [0.25, 0.3) is 0 Å². The zero-order valence-corrected chi connectivity index (χ0v) is 9.13. The first-order valence-electron chi connectivity index (χ1n) is 5.06. The van der Waals surface area contributed by atoms with Crippen molar-refractivity contribution in [3.8, 4) is 5.75 Å². The van der Waals surface area contributed by atoms with Crippen molar-refractivity contribution in [3.63, 3.8) is 0 Å². The molecule has 0 bridgehead atoms. The van der Waals surface area contributed by atoms with E-state index in [0.29, 0.717) is 0 Å². The first-order valence-corrected chi connectivity index (χ1v) is 5.06. The molecule has 3 nitrogen and oxygen atoms in total. The van der Waals surface area contributed by atoms with Gasteiger partial charge in [-0.1, -0.05) is 30.3 Å². The molecule has 2 aromatic carbocycles. The Morgan fingerprint density at radius 3 is 2.25 bits per heavy atom. The summed E-state index contributed by atoms with van der Waals surface area (Å²) in [5.74, 6) is 6.80. The number of anilines is 2. The highest BCUT2D eigenvalue weighted by atomic mass is 16.5. The Bertz CT molecular complexity index is 456. The molecular formula is C13H14N2O. The fraction of sp³-hybridized carbons (Fsp3) is 0.0769. The lowest BCUT2D eigenvalue weighted by Gasteiger charge is -2.20. The number of methoxy groups -OCH3 is 1. The summed E-state index contributed by atoms with van der Waals surface area (Å²) < 4.78 is 5.27. The van der Waals surface area contributed by atoms with E-state index in [2.05, 4.69) is 0 Å². The summed E-state index contributed by atoms with van der Waals surface area (Å²) in [7, 11) is 1.64. The molecule has 0 heterocycles. The predicted molar refractivity (Wildman–Crippen MR) is 65.8 cm³/mol. The minimum Gasteiger partial charge on any atom is -0.495 e. The molecule has 82 valence electrons. The molecule has 0 radical (unpaired) electrons. The molecule has 0 aliphatic rings. The SMILES string of the molecule is COc1ccccc1N(N)c1ccccc1. The van der Waals surface area contributed by atoms with Crippen LogP contribution in [0.4, 0.5) is 11.4 Å². The van der Waals surface area contributed by atoms with Gasteiger partial charge in [0.15, 0.2) is 0 Å². The number of benzene rings is 2. The number of rotatable bonds is 3. The Balaban J connectivity index is 2.37. The highest BCUT2D eigenvalue weighted by Gasteiger charge is 2.08. The van der Waals surface area contributed by atoms with Gasteiger partial charge >= 0.3 is 0 Å². The van der Waals surface area contributed by atoms with E-state index >= 15 is 0 Å². The van der Waals surface area contributed by atoms with Crippen LogP contribution in [0, 0.1) is 0 Å². The van der Waals surface area contributed by atoms with E-state index in [9.17, 15) is 0 Å². The third kappa shape index (κ3) is 1.99. The Kier molecular flexibility index (Phi) is 3.08. The van der Waals surface area contributed by atoms with Crippen molar-refractivity contribution in [2.75, 3.05) is 12.1 Å². The maximum atomic E-state index is 6.05. The van der Waals surface area contributed by atoms with E-state index in [1.807, 2.05) is 54.6 Å². The molecule has 2 aromatic rings. The van der Waals surface area contributed by atoms with Gasteiger partial charge in [0.05, 0.1) is 18.5 Å². The van der Waals surface area contributed by atoms with Crippen LogP contribution in [-0.2, 0) is 0 Å². The normalized spacial score (nSPS) is 9.88. The molecule has 2 rings (SSSR count). The van der Waals surface area contributed by atoms with Gasteiger partial charge in [-0.2, -0.15) is 0 Å². The van der Waals surface area contributed by atoms with Crippen molar-refractivity contribution in [1.29, 1.82) is 0 Å².